The summed E-state index contributed by atoms with van der Waals surface area (Å²) in [5.74, 6) is 0. The summed E-state index contributed by atoms with van der Waals surface area (Å²) in [5.41, 5.74) is 0. The maximum Gasteiger partial charge on any atom is 0.192 e. The van der Waals surface area contributed by atoms with Crippen LogP contribution in [0.25, 0.3) is 0 Å². The fourth-order valence-corrected chi connectivity index (χ4v) is 2.42. The first-order valence-corrected chi connectivity index (χ1v) is 7.90. The van der Waals surface area contributed by atoms with Gasteiger partial charge in [0.25, 0.3) is 0 Å². The Morgan fingerprint density at radius 3 is 2.15 bits per heavy atom. The zero-order valence-corrected chi connectivity index (χ0v) is 11.0. The van der Waals surface area contributed by atoms with Crippen LogP contribution in [0.2, 0.25) is 18.1 Å². The third-order valence-electron chi connectivity index (χ3n) is 2.80. The molecule has 0 unspecified atom stereocenters. The van der Waals surface area contributed by atoms with Gasteiger partial charge in [-0.25, -0.2) is 0 Å². The van der Waals surface area contributed by atoms with E-state index in [0.717, 1.165) is 6.42 Å². The molecule has 0 fully saturated rings. The zero-order valence-electron chi connectivity index (χ0n) is 9.98. The predicted octanol–water partition coefficient (Wildman–Crippen LogP) is 3.97. The van der Waals surface area contributed by atoms with Crippen molar-refractivity contribution in [3.8, 4) is 0 Å². The highest BCUT2D eigenvalue weighted by Gasteiger charge is 2.38. The quantitative estimate of drug-likeness (QED) is 0.493. The lowest BCUT2D eigenvalue weighted by Gasteiger charge is -2.38. The number of rotatable bonds is 4. The van der Waals surface area contributed by atoms with E-state index < -0.39 is 8.32 Å². The van der Waals surface area contributed by atoms with Crippen molar-refractivity contribution in [2.45, 2.75) is 58.4 Å². The molecule has 0 aromatic rings. The van der Waals surface area contributed by atoms with Gasteiger partial charge >= 0.3 is 0 Å². The predicted molar refractivity (Wildman–Crippen MR) is 62.6 cm³/mol. The van der Waals surface area contributed by atoms with Gasteiger partial charge < -0.3 is 4.43 Å². The van der Waals surface area contributed by atoms with Gasteiger partial charge in [0.1, 0.15) is 0 Å². The van der Waals surface area contributed by atoms with Crippen LogP contribution in [0.5, 0.6) is 0 Å². The topological polar surface area (TPSA) is 9.23 Å². The summed E-state index contributed by atoms with van der Waals surface area (Å²) in [6, 6.07) is 0. The summed E-state index contributed by atoms with van der Waals surface area (Å²) in [4.78, 5) is 0. The lowest BCUT2D eigenvalue weighted by Crippen LogP contribution is -2.43. The van der Waals surface area contributed by atoms with Gasteiger partial charge in [-0.2, -0.15) is 0 Å². The summed E-state index contributed by atoms with van der Waals surface area (Å²) in [5, 5.41) is 0.308. The van der Waals surface area contributed by atoms with Gasteiger partial charge in [0.15, 0.2) is 8.32 Å². The minimum Gasteiger partial charge on any atom is -0.414 e. The second-order valence-corrected chi connectivity index (χ2v) is 9.97. The molecule has 0 N–H and O–H groups in total. The Morgan fingerprint density at radius 2 is 1.85 bits per heavy atom. The standard InChI is InChI=1S/C11H24OSi/c1-8-9-10(2)12-13(6,7)11(3,4)5/h8,10H,1,9H2,2-7H3/t10-/m1/s1. The Kier molecular flexibility index (Phi) is 4.40. The summed E-state index contributed by atoms with van der Waals surface area (Å²) in [6.07, 6.45) is 3.20. The van der Waals surface area contributed by atoms with Crippen LogP contribution in [0.4, 0.5) is 0 Å². The molecule has 0 saturated carbocycles. The fourth-order valence-electron chi connectivity index (χ4n) is 0.963. The molecule has 0 saturated heterocycles. The average molecular weight is 200 g/mol. The lowest BCUT2D eigenvalue weighted by atomic mass is 10.2. The van der Waals surface area contributed by atoms with Gasteiger partial charge in [-0.05, 0) is 31.5 Å². The van der Waals surface area contributed by atoms with Gasteiger partial charge in [-0.3, -0.25) is 0 Å². The third kappa shape index (κ3) is 4.10. The van der Waals surface area contributed by atoms with E-state index in [1.54, 1.807) is 0 Å². The Labute approximate surface area is 84.3 Å². The SMILES string of the molecule is C=CC[C@@H](C)O[Si](C)(C)C(C)(C)C. The molecule has 13 heavy (non-hydrogen) atoms. The molecule has 0 radical (unpaired) electrons. The summed E-state index contributed by atoms with van der Waals surface area (Å²) in [7, 11) is -1.55. The monoisotopic (exact) mass is 200 g/mol. The van der Waals surface area contributed by atoms with E-state index in [9.17, 15) is 0 Å². The van der Waals surface area contributed by atoms with Gasteiger partial charge in [0.05, 0.1) is 0 Å². The molecule has 1 atom stereocenters. The van der Waals surface area contributed by atoms with E-state index in [2.05, 4.69) is 47.4 Å². The lowest BCUT2D eigenvalue weighted by molar-refractivity contribution is 0.202. The first kappa shape index (κ1) is 12.9. The second kappa shape index (κ2) is 4.42. The molecule has 2 heteroatoms. The molecule has 0 aliphatic rings. The van der Waals surface area contributed by atoms with Gasteiger partial charge in [-0.1, -0.05) is 26.8 Å². The molecule has 0 heterocycles. The molecular weight excluding hydrogens is 176 g/mol. The molecule has 0 rings (SSSR count). The van der Waals surface area contributed by atoms with Crippen LogP contribution in [0.1, 0.15) is 34.1 Å². The molecule has 0 bridgehead atoms. The Morgan fingerprint density at radius 1 is 1.38 bits per heavy atom. The van der Waals surface area contributed by atoms with Gasteiger partial charge in [0, 0.05) is 6.10 Å². The molecule has 0 aromatic heterocycles. The first-order valence-electron chi connectivity index (χ1n) is 4.99. The normalized spacial score (nSPS) is 15.5. The highest BCUT2D eigenvalue weighted by atomic mass is 28.4. The molecule has 0 aliphatic heterocycles. The smallest absolute Gasteiger partial charge is 0.192 e. The maximum absolute atomic E-state index is 6.11. The van der Waals surface area contributed by atoms with Crippen LogP contribution in [-0.2, 0) is 4.43 Å². The van der Waals surface area contributed by atoms with Crippen molar-refractivity contribution in [3.05, 3.63) is 12.7 Å². The first-order chi connectivity index (χ1) is 5.70. The van der Waals surface area contributed by atoms with Crippen molar-refractivity contribution in [1.29, 1.82) is 0 Å². The second-order valence-electron chi connectivity index (χ2n) is 5.21. The van der Waals surface area contributed by atoms with Crippen molar-refractivity contribution < 1.29 is 4.43 Å². The summed E-state index contributed by atoms with van der Waals surface area (Å²) in [6.45, 7) is 17.2. The Bertz CT molecular complexity index is 167. The third-order valence-corrected chi connectivity index (χ3v) is 7.40. The number of hydrogen-bond acceptors (Lipinski definition) is 1. The Hall–Kier alpha value is -0.0831. The van der Waals surface area contributed by atoms with Gasteiger partial charge in [-0.15, -0.1) is 6.58 Å². The van der Waals surface area contributed by atoms with Crippen LogP contribution in [0.3, 0.4) is 0 Å². The maximum atomic E-state index is 6.11. The van der Waals surface area contributed by atoms with Crippen LogP contribution < -0.4 is 0 Å². The summed E-state index contributed by atoms with van der Waals surface area (Å²) < 4.78 is 6.11. The van der Waals surface area contributed by atoms with E-state index in [4.69, 9.17) is 4.43 Å². The van der Waals surface area contributed by atoms with E-state index in [1.165, 1.54) is 0 Å². The molecule has 0 amide bonds. The van der Waals surface area contributed by atoms with Crippen molar-refractivity contribution >= 4 is 8.32 Å². The van der Waals surface area contributed by atoms with Crippen molar-refractivity contribution in [1.82, 2.24) is 0 Å². The molecule has 1 nitrogen and oxygen atoms in total. The van der Waals surface area contributed by atoms with E-state index in [0.29, 0.717) is 11.1 Å². The van der Waals surface area contributed by atoms with Crippen LogP contribution in [-0.4, -0.2) is 14.4 Å². The molecule has 78 valence electrons. The highest BCUT2D eigenvalue weighted by molar-refractivity contribution is 6.74. The van der Waals surface area contributed by atoms with Crippen LogP contribution in [0.15, 0.2) is 12.7 Å². The summed E-state index contributed by atoms with van der Waals surface area (Å²) >= 11 is 0. The van der Waals surface area contributed by atoms with E-state index >= 15 is 0 Å². The molecule has 0 spiro atoms. The van der Waals surface area contributed by atoms with Crippen LogP contribution in [0, 0.1) is 0 Å². The minimum absolute atomic E-state index is 0.308. The molecule has 0 aromatic carbocycles. The largest absolute Gasteiger partial charge is 0.414 e. The van der Waals surface area contributed by atoms with Crippen molar-refractivity contribution in [3.63, 3.8) is 0 Å². The van der Waals surface area contributed by atoms with Crippen LogP contribution >= 0.6 is 0 Å². The zero-order chi connectivity index (χ0) is 10.7. The van der Waals surface area contributed by atoms with Crippen molar-refractivity contribution in [2.75, 3.05) is 0 Å². The highest BCUT2D eigenvalue weighted by Crippen LogP contribution is 2.37. The Balaban J connectivity index is 4.24. The fraction of sp³-hybridized carbons (Fsp3) is 0.818. The average Bonchev–Trinajstić information content (AvgIpc) is 1.83. The van der Waals surface area contributed by atoms with Gasteiger partial charge in [0.2, 0.25) is 0 Å². The molecular formula is C11H24OSi. The van der Waals surface area contributed by atoms with E-state index in [-0.39, 0.29) is 0 Å². The van der Waals surface area contributed by atoms with Crippen molar-refractivity contribution in [2.24, 2.45) is 0 Å². The van der Waals surface area contributed by atoms with E-state index in [1.807, 2.05) is 6.08 Å². The molecule has 0 aliphatic carbocycles. The number of hydrogen-bond donors (Lipinski definition) is 0. The minimum atomic E-state index is -1.55.